The van der Waals surface area contributed by atoms with E-state index in [0.29, 0.717) is 31.5 Å². The molecule has 1 aliphatic rings. The third-order valence-electron chi connectivity index (χ3n) is 4.08. The number of hydrogen-bond donors (Lipinski definition) is 1. The fourth-order valence-electron chi connectivity index (χ4n) is 2.75. The molecule has 1 aromatic heterocycles. The summed E-state index contributed by atoms with van der Waals surface area (Å²) < 4.78 is 11.0. The largest absolute Gasteiger partial charge is 0.424 e. The first-order chi connectivity index (χ1) is 11.5. The van der Waals surface area contributed by atoms with Gasteiger partial charge >= 0.3 is 0 Å². The molecule has 1 aromatic carbocycles. The molecule has 7 heteroatoms. The highest BCUT2D eigenvalue weighted by Gasteiger charge is 2.30. The standard InChI is InChI=1S/C17H22N4O3/c1-11-4-5-12(2)14(8-11)18-16(22)9-21-6-7-23-10-15(21)17-20-19-13(3)24-17/h4-5,8,15H,6-7,9-10H2,1-3H3,(H,18,22). The van der Waals surface area contributed by atoms with Crippen LogP contribution in [0.5, 0.6) is 0 Å². The smallest absolute Gasteiger partial charge is 0.238 e. The van der Waals surface area contributed by atoms with Crippen LogP contribution in [0, 0.1) is 20.8 Å². The van der Waals surface area contributed by atoms with E-state index in [9.17, 15) is 4.79 Å². The number of ether oxygens (including phenoxy) is 1. The van der Waals surface area contributed by atoms with Gasteiger partial charge in [-0.2, -0.15) is 0 Å². The Bertz CT molecular complexity index is 728. The predicted molar refractivity (Wildman–Crippen MR) is 88.7 cm³/mol. The molecule has 1 fully saturated rings. The van der Waals surface area contributed by atoms with Gasteiger partial charge < -0.3 is 14.5 Å². The summed E-state index contributed by atoms with van der Waals surface area (Å²) in [6.45, 7) is 7.66. The summed E-state index contributed by atoms with van der Waals surface area (Å²) in [4.78, 5) is 14.5. The molecule has 128 valence electrons. The van der Waals surface area contributed by atoms with Gasteiger partial charge in [-0.3, -0.25) is 9.69 Å². The first-order valence-electron chi connectivity index (χ1n) is 8.02. The number of carbonyl (C=O) groups is 1. The first kappa shape index (κ1) is 16.6. The van der Waals surface area contributed by atoms with E-state index < -0.39 is 0 Å². The van der Waals surface area contributed by atoms with Crippen LogP contribution >= 0.6 is 0 Å². The highest BCUT2D eigenvalue weighted by molar-refractivity contribution is 5.93. The Hall–Kier alpha value is -2.25. The second-order valence-corrected chi connectivity index (χ2v) is 6.09. The van der Waals surface area contributed by atoms with Crippen molar-refractivity contribution < 1.29 is 13.9 Å². The summed E-state index contributed by atoms with van der Waals surface area (Å²) in [7, 11) is 0. The fourth-order valence-corrected chi connectivity index (χ4v) is 2.75. The van der Waals surface area contributed by atoms with Crippen LogP contribution in [0.1, 0.15) is 29.0 Å². The highest BCUT2D eigenvalue weighted by atomic mass is 16.5. The minimum absolute atomic E-state index is 0.0631. The molecule has 2 aromatic rings. The lowest BCUT2D eigenvalue weighted by atomic mass is 10.1. The monoisotopic (exact) mass is 330 g/mol. The number of hydrogen-bond acceptors (Lipinski definition) is 6. The summed E-state index contributed by atoms with van der Waals surface area (Å²) in [5.74, 6) is 0.939. The van der Waals surface area contributed by atoms with E-state index in [0.717, 1.165) is 16.8 Å². The zero-order chi connectivity index (χ0) is 17.1. The van der Waals surface area contributed by atoms with Gasteiger partial charge in [-0.1, -0.05) is 12.1 Å². The summed E-state index contributed by atoms with van der Waals surface area (Å²) >= 11 is 0. The van der Waals surface area contributed by atoms with E-state index in [2.05, 4.69) is 15.5 Å². The average molecular weight is 330 g/mol. The number of anilines is 1. The number of aryl methyl sites for hydroxylation is 3. The van der Waals surface area contributed by atoms with Crippen LogP contribution in [0.4, 0.5) is 5.69 Å². The van der Waals surface area contributed by atoms with Crippen molar-refractivity contribution in [3.63, 3.8) is 0 Å². The van der Waals surface area contributed by atoms with Crippen LogP contribution in [0.2, 0.25) is 0 Å². The number of rotatable bonds is 4. The van der Waals surface area contributed by atoms with Crippen molar-refractivity contribution in [3.05, 3.63) is 41.1 Å². The zero-order valence-corrected chi connectivity index (χ0v) is 14.2. The maximum atomic E-state index is 12.5. The van der Waals surface area contributed by atoms with E-state index in [1.807, 2.05) is 36.9 Å². The molecule has 1 N–H and O–H groups in total. The van der Waals surface area contributed by atoms with Crippen LogP contribution in [-0.4, -0.2) is 47.3 Å². The van der Waals surface area contributed by atoms with E-state index in [1.54, 1.807) is 6.92 Å². The minimum Gasteiger partial charge on any atom is -0.424 e. The third-order valence-corrected chi connectivity index (χ3v) is 4.08. The molecular weight excluding hydrogens is 308 g/mol. The average Bonchev–Trinajstić information content (AvgIpc) is 2.98. The van der Waals surface area contributed by atoms with Gasteiger partial charge in [0.15, 0.2) is 0 Å². The molecule has 7 nitrogen and oxygen atoms in total. The Labute approximate surface area is 141 Å². The zero-order valence-electron chi connectivity index (χ0n) is 14.2. The van der Waals surface area contributed by atoms with Gasteiger partial charge in [0.2, 0.25) is 17.7 Å². The molecule has 0 aliphatic carbocycles. The first-order valence-corrected chi connectivity index (χ1v) is 8.02. The Morgan fingerprint density at radius 3 is 2.92 bits per heavy atom. The van der Waals surface area contributed by atoms with Crippen LogP contribution in [0.3, 0.4) is 0 Å². The second-order valence-electron chi connectivity index (χ2n) is 6.09. The molecule has 0 saturated carbocycles. The van der Waals surface area contributed by atoms with Gasteiger partial charge in [0.1, 0.15) is 6.04 Å². The van der Waals surface area contributed by atoms with Crippen molar-refractivity contribution in [2.75, 3.05) is 31.6 Å². The van der Waals surface area contributed by atoms with Crippen LogP contribution < -0.4 is 5.32 Å². The maximum absolute atomic E-state index is 12.5. The molecule has 1 atom stereocenters. The van der Waals surface area contributed by atoms with Crippen molar-refractivity contribution >= 4 is 11.6 Å². The molecule has 24 heavy (non-hydrogen) atoms. The topological polar surface area (TPSA) is 80.5 Å². The summed E-state index contributed by atoms with van der Waals surface area (Å²) in [6, 6.07) is 5.82. The molecule has 1 aliphatic heterocycles. The van der Waals surface area contributed by atoms with Gasteiger partial charge in [-0.05, 0) is 31.0 Å². The van der Waals surface area contributed by atoms with Gasteiger partial charge in [-0.15, -0.1) is 10.2 Å². The second kappa shape index (κ2) is 7.11. The highest BCUT2D eigenvalue weighted by Crippen LogP contribution is 2.23. The van der Waals surface area contributed by atoms with E-state index in [1.165, 1.54) is 0 Å². The Kier molecular flexibility index (Phi) is 4.92. The van der Waals surface area contributed by atoms with E-state index in [-0.39, 0.29) is 18.5 Å². The van der Waals surface area contributed by atoms with Crippen molar-refractivity contribution in [3.8, 4) is 0 Å². The van der Waals surface area contributed by atoms with Gasteiger partial charge in [0.25, 0.3) is 0 Å². The third kappa shape index (κ3) is 3.80. The molecule has 3 rings (SSSR count). The summed E-state index contributed by atoms with van der Waals surface area (Å²) in [5.41, 5.74) is 3.00. The quantitative estimate of drug-likeness (QED) is 0.923. The number of nitrogens with one attached hydrogen (secondary N) is 1. The Morgan fingerprint density at radius 1 is 1.33 bits per heavy atom. The normalized spacial score (nSPS) is 18.5. The molecule has 1 saturated heterocycles. The van der Waals surface area contributed by atoms with Gasteiger partial charge in [-0.25, -0.2) is 0 Å². The number of morpholine rings is 1. The molecular formula is C17H22N4O3. The molecule has 1 unspecified atom stereocenters. The minimum atomic E-state index is -0.190. The van der Waals surface area contributed by atoms with E-state index >= 15 is 0 Å². The number of amides is 1. The molecule has 0 spiro atoms. The summed E-state index contributed by atoms with van der Waals surface area (Å²) in [5, 5.41) is 10.9. The maximum Gasteiger partial charge on any atom is 0.238 e. The molecule has 2 heterocycles. The number of aromatic nitrogens is 2. The number of benzene rings is 1. The van der Waals surface area contributed by atoms with Crippen LogP contribution in [0.25, 0.3) is 0 Å². The van der Waals surface area contributed by atoms with Crippen molar-refractivity contribution in [2.24, 2.45) is 0 Å². The Balaban J connectivity index is 1.68. The SMILES string of the molecule is Cc1ccc(C)c(NC(=O)CN2CCOCC2c2nnc(C)o2)c1. The lowest BCUT2D eigenvalue weighted by Gasteiger charge is -2.32. The van der Waals surface area contributed by atoms with Crippen molar-refractivity contribution in [2.45, 2.75) is 26.8 Å². The molecule has 0 radical (unpaired) electrons. The van der Waals surface area contributed by atoms with Crippen molar-refractivity contribution in [1.29, 1.82) is 0 Å². The lowest BCUT2D eigenvalue weighted by Crippen LogP contribution is -2.43. The van der Waals surface area contributed by atoms with Crippen LogP contribution in [-0.2, 0) is 9.53 Å². The van der Waals surface area contributed by atoms with Crippen LogP contribution in [0.15, 0.2) is 22.6 Å². The number of nitrogens with zero attached hydrogens (tertiary/aromatic N) is 3. The van der Waals surface area contributed by atoms with Gasteiger partial charge in [0, 0.05) is 19.2 Å². The van der Waals surface area contributed by atoms with E-state index in [4.69, 9.17) is 9.15 Å². The predicted octanol–water partition coefficient (Wildman–Crippen LogP) is 2.01. The number of carbonyl (C=O) groups excluding carboxylic acids is 1. The molecule has 1 amide bonds. The van der Waals surface area contributed by atoms with Gasteiger partial charge in [0.05, 0.1) is 19.8 Å². The van der Waals surface area contributed by atoms with Crippen molar-refractivity contribution in [1.82, 2.24) is 15.1 Å². The lowest BCUT2D eigenvalue weighted by molar-refractivity contribution is -0.120. The Morgan fingerprint density at radius 2 is 2.17 bits per heavy atom. The molecule has 0 bridgehead atoms. The fraction of sp³-hybridized carbons (Fsp3) is 0.471. The summed E-state index contributed by atoms with van der Waals surface area (Å²) in [6.07, 6.45) is 0.